The lowest BCUT2D eigenvalue weighted by molar-refractivity contribution is 0.103. The normalized spacial score (nSPS) is 10.6. The summed E-state index contributed by atoms with van der Waals surface area (Å²) >= 11 is 1.56. The Labute approximate surface area is 114 Å². The smallest absolute Gasteiger partial charge is 0.215 e. The van der Waals surface area contributed by atoms with Crippen molar-refractivity contribution in [2.75, 3.05) is 0 Å². The van der Waals surface area contributed by atoms with Crippen LogP contribution in [0.5, 0.6) is 0 Å². The summed E-state index contributed by atoms with van der Waals surface area (Å²) in [5.74, 6) is -0.116. The van der Waals surface area contributed by atoms with Crippen LogP contribution < -0.4 is 0 Å². The summed E-state index contributed by atoms with van der Waals surface area (Å²) in [6.07, 6.45) is 0. The molecule has 2 heterocycles. The van der Waals surface area contributed by atoms with E-state index in [4.69, 9.17) is 0 Å². The van der Waals surface area contributed by atoms with E-state index in [0.717, 1.165) is 11.1 Å². The van der Waals surface area contributed by atoms with Crippen molar-refractivity contribution in [3.63, 3.8) is 0 Å². The second-order valence-corrected chi connectivity index (χ2v) is 5.01. The first-order valence-electron chi connectivity index (χ1n) is 5.80. The molecule has 0 amide bonds. The number of aromatic amines is 1. The number of carbonyl (C=O) groups excluding carboxylic acids is 1. The molecule has 0 bridgehead atoms. The molecule has 0 aliphatic carbocycles. The highest BCUT2D eigenvalue weighted by molar-refractivity contribution is 7.08. The number of nitrogens with zero attached hydrogens (tertiary/aromatic N) is 2. The lowest BCUT2D eigenvalue weighted by Gasteiger charge is -2.00. The summed E-state index contributed by atoms with van der Waals surface area (Å²) in [6, 6.07) is 9.37. The fraction of sp³-hybridized carbons (Fsp3) is 0.0714. The fourth-order valence-corrected chi connectivity index (χ4v) is 2.47. The third-order valence-electron chi connectivity index (χ3n) is 2.87. The molecule has 5 heteroatoms. The number of thiophene rings is 1. The molecule has 0 atom stereocenters. The molecule has 3 rings (SSSR count). The number of nitrogens with one attached hydrogen (secondary N) is 1. The second-order valence-electron chi connectivity index (χ2n) is 4.23. The quantitative estimate of drug-likeness (QED) is 0.743. The molecular formula is C14H11N3OS. The van der Waals surface area contributed by atoms with Crippen LogP contribution in [-0.2, 0) is 0 Å². The highest BCUT2D eigenvalue weighted by atomic mass is 32.1. The maximum atomic E-state index is 12.4. The predicted octanol–water partition coefficient (Wildman–Crippen LogP) is 3.07. The maximum Gasteiger partial charge on any atom is 0.215 e. The van der Waals surface area contributed by atoms with E-state index in [1.54, 1.807) is 11.3 Å². The molecule has 4 nitrogen and oxygen atoms in total. The van der Waals surface area contributed by atoms with E-state index in [1.807, 2.05) is 48.0 Å². The number of ketones is 1. The van der Waals surface area contributed by atoms with Gasteiger partial charge in [-0.2, -0.15) is 26.7 Å². The van der Waals surface area contributed by atoms with Gasteiger partial charge in [-0.25, -0.2) is 0 Å². The Kier molecular flexibility index (Phi) is 2.97. The molecule has 2 aromatic heterocycles. The van der Waals surface area contributed by atoms with Crippen molar-refractivity contribution in [2.24, 2.45) is 0 Å². The molecule has 0 saturated carbocycles. The Morgan fingerprint density at radius 1 is 1.16 bits per heavy atom. The third-order valence-corrected chi connectivity index (χ3v) is 3.55. The van der Waals surface area contributed by atoms with Crippen molar-refractivity contribution in [1.82, 2.24) is 15.4 Å². The topological polar surface area (TPSA) is 58.6 Å². The maximum absolute atomic E-state index is 12.4. The van der Waals surface area contributed by atoms with Crippen LogP contribution in [0.4, 0.5) is 0 Å². The minimum absolute atomic E-state index is 0.116. The molecule has 1 N–H and O–H groups in total. The van der Waals surface area contributed by atoms with Crippen LogP contribution in [0.1, 0.15) is 21.6 Å². The van der Waals surface area contributed by atoms with Crippen LogP contribution in [0.25, 0.3) is 11.3 Å². The largest absolute Gasteiger partial charge is 0.287 e. The summed E-state index contributed by atoms with van der Waals surface area (Å²) in [6.45, 7) is 1.99. The Balaban J connectivity index is 2.01. The van der Waals surface area contributed by atoms with E-state index in [0.29, 0.717) is 17.0 Å². The first kappa shape index (κ1) is 11.8. The van der Waals surface area contributed by atoms with E-state index in [-0.39, 0.29) is 5.78 Å². The molecule has 3 aromatic rings. The fourth-order valence-electron chi connectivity index (χ4n) is 1.83. The van der Waals surface area contributed by atoms with Gasteiger partial charge in [-0.1, -0.05) is 29.8 Å². The van der Waals surface area contributed by atoms with Gasteiger partial charge in [-0.15, -0.1) is 0 Å². The lowest BCUT2D eigenvalue weighted by atomic mass is 10.0. The monoisotopic (exact) mass is 269 g/mol. The van der Waals surface area contributed by atoms with Crippen molar-refractivity contribution in [1.29, 1.82) is 0 Å². The average Bonchev–Trinajstić information content (AvgIpc) is 3.09. The van der Waals surface area contributed by atoms with Gasteiger partial charge in [-0.05, 0) is 18.4 Å². The number of benzene rings is 1. The number of aromatic nitrogens is 3. The molecule has 0 fully saturated rings. The number of hydrogen-bond donors (Lipinski definition) is 1. The van der Waals surface area contributed by atoms with Crippen molar-refractivity contribution < 1.29 is 4.79 Å². The molecule has 19 heavy (non-hydrogen) atoms. The number of hydrogen-bond acceptors (Lipinski definition) is 4. The van der Waals surface area contributed by atoms with Gasteiger partial charge < -0.3 is 0 Å². The van der Waals surface area contributed by atoms with Gasteiger partial charge in [0.15, 0.2) is 5.69 Å². The number of aryl methyl sites for hydroxylation is 1. The van der Waals surface area contributed by atoms with Crippen molar-refractivity contribution >= 4 is 17.1 Å². The Morgan fingerprint density at radius 2 is 1.95 bits per heavy atom. The first-order chi connectivity index (χ1) is 9.25. The van der Waals surface area contributed by atoms with Crippen molar-refractivity contribution in [2.45, 2.75) is 6.92 Å². The summed E-state index contributed by atoms with van der Waals surface area (Å²) in [7, 11) is 0. The lowest BCUT2D eigenvalue weighted by Crippen LogP contribution is -2.03. The zero-order chi connectivity index (χ0) is 13.2. The van der Waals surface area contributed by atoms with E-state index in [1.165, 1.54) is 0 Å². The third kappa shape index (κ3) is 2.20. The van der Waals surface area contributed by atoms with Crippen LogP contribution in [0, 0.1) is 6.92 Å². The summed E-state index contributed by atoms with van der Waals surface area (Å²) in [5.41, 5.74) is 3.62. The SMILES string of the molecule is Cc1ccc(C(=O)c2n[nH]nc2-c2ccsc2)cc1. The van der Waals surface area contributed by atoms with Crippen LogP contribution in [0.3, 0.4) is 0 Å². The standard InChI is InChI=1S/C14H11N3OS/c1-9-2-4-10(5-3-9)14(18)13-12(15-17-16-13)11-6-7-19-8-11/h2-8H,1H3,(H,15,16,17). The predicted molar refractivity (Wildman–Crippen MR) is 74.3 cm³/mol. The van der Waals surface area contributed by atoms with Crippen LogP contribution in [-0.4, -0.2) is 21.2 Å². The molecule has 0 spiro atoms. The first-order valence-corrected chi connectivity index (χ1v) is 6.74. The molecule has 0 unspecified atom stereocenters. The highest BCUT2D eigenvalue weighted by Gasteiger charge is 2.19. The van der Waals surface area contributed by atoms with E-state index in [2.05, 4.69) is 15.4 Å². The Bertz CT molecular complexity index is 699. The van der Waals surface area contributed by atoms with Crippen LogP contribution in [0.15, 0.2) is 41.1 Å². The van der Waals surface area contributed by atoms with Crippen molar-refractivity contribution in [3.05, 3.63) is 57.9 Å². The zero-order valence-corrected chi connectivity index (χ0v) is 11.1. The van der Waals surface area contributed by atoms with Gasteiger partial charge in [0.1, 0.15) is 5.69 Å². The highest BCUT2D eigenvalue weighted by Crippen LogP contribution is 2.24. The molecule has 0 radical (unpaired) electrons. The molecule has 0 aliphatic rings. The Morgan fingerprint density at radius 3 is 2.63 bits per heavy atom. The minimum Gasteiger partial charge on any atom is -0.287 e. The summed E-state index contributed by atoms with van der Waals surface area (Å²) < 4.78 is 0. The van der Waals surface area contributed by atoms with Gasteiger partial charge in [0.05, 0.1) is 0 Å². The zero-order valence-electron chi connectivity index (χ0n) is 10.3. The minimum atomic E-state index is -0.116. The van der Waals surface area contributed by atoms with Gasteiger partial charge in [-0.3, -0.25) is 4.79 Å². The Hall–Kier alpha value is -2.27. The van der Waals surface area contributed by atoms with Crippen LogP contribution >= 0.6 is 11.3 Å². The number of rotatable bonds is 3. The number of carbonyl (C=O) groups is 1. The van der Waals surface area contributed by atoms with Gasteiger partial charge in [0.2, 0.25) is 5.78 Å². The van der Waals surface area contributed by atoms with Crippen LogP contribution in [0.2, 0.25) is 0 Å². The van der Waals surface area contributed by atoms with E-state index in [9.17, 15) is 4.79 Å². The molecule has 94 valence electrons. The summed E-state index contributed by atoms with van der Waals surface area (Å²) in [5, 5.41) is 14.5. The molecule has 1 aromatic carbocycles. The average molecular weight is 269 g/mol. The molecular weight excluding hydrogens is 258 g/mol. The number of H-pyrrole nitrogens is 1. The second kappa shape index (κ2) is 4.78. The van der Waals surface area contributed by atoms with Gasteiger partial charge >= 0.3 is 0 Å². The summed E-state index contributed by atoms with van der Waals surface area (Å²) in [4.78, 5) is 12.4. The van der Waals surface area contributed by atoms with Crippen molar-refractivity contribution in [3.8, 4) is 11.3 Å². The van der Waals surface area contributed by atoms with E-state index < -0.39 is 0 Å². The van der Waals surface area contributed by atoms with E-state index >= 15 is 0 Å². The molecule has 0 aliphatic heterocycles. The van der Waals surface area contributed by atoms with Gasteiger partial charge in [0.25, 0.3) is 0 Å². The molecule has 0 saturated heterocycles. The van der Waals surface area contributed by atoms with Gasteiger partial charge in [0, 0.05) is 16.5 Å².